The fraction of sp³-hybridized carbons (Fsp3) is 0.176. The monoisotopic (exact) mass is 344 g/mol. The van der Waals surface area contributed by atoms with Crippen molar-refractivity contribution in [2.24, 2.45) is 5.10 Å². The van der Waals surface area contributed by atoms with Gasteiger partial charge in [0, 0.05) is 10.0 Å². The van der Waals surface area contributed by atoms with Gasteiger partial charge in [0.2, 0.25) is 0 Å². The van der Waals surface area contributed by atoms with Gasteiger partial charge in [0.1, 0.15) is 0 Å². The zero-order chi connectivity index (χ0) is 15.2. The van der Waals surface area contributed by atoms with Crippen LogP contribution in [0.2, 0.25) is 0 Å². The molecule has 3 nitrogen and oxygen atoms in total. The van der Waals surface area contributed by atoms with Crippen molar-refractivity contribution in [2.75, 3.05) is 0 Å². The highest BCUT2D eigenvalue weighted by atomic mass is 79.9. The lowest BCUT2D eigenvalue weighted by Crippen LogP contribution is -2.19. The quantitative estimate of drug-likeness (QED) is 0.656. The van der Waals surface area contributed by atoms with Crippen LogP contribution in [0.25, 0.3) is 0 Å². The second-order valence-electron chi connectivity index (χ2n) is 4.70. The minimum atomic E-state index is -0.221. The Labute approximate surface area is 133 Å². The van der Waals surface area contributed by atoms with Crippen molar-refractivity contribution in [3.8, 4) is 0 Å². The normalized spacial score (nSPS) is 11.3. The molecule has 0 radical (unpaired) electrons. The largest absolute Gasteiger partial charge is 0.271 e. The predicted octanol–water partition coefficient (Wildman–Crippen LogP) is 4.17. The summed E-state index contributed by atoms with van der Waals surface area (Å²) >= 11 is 3.34. The van der Waals surface area contributed by atoms with Crippen molar-refractivity contribution in [3.05, 3.63) is 69.7 Å². The molecule has 0 aliphatic rings. The van der Waals surface area contributed by atoms with Crippen molar-refractivity contribution in [3.63, 3.8) is 0 Å². The molecule has 0 bridgehead atoms. The maximum atomic E-state index is 12.0. The highest BCUT2D eigenvalue weighted by Crippen LogP contribution is 2.11. The van der Waals surface area contributed by atoms with Crippen LogP contribution in [0.1, 0.15) is 35.3 Å². The summed E-state index contributed by atoms with van der Waals surface area (Å²) in [5, 5.41) is 4.16. The number of hydrazone groups is 1. The van der Waals surface area contributed by atoms with Crippen LogP contribution in [0.3, 0.4) is 0 Å². The first kappa shape index (κ1) is 15.4. The molecule has 2 aromatic rings. The minimum Gasteiger partial charge on any atom is -0.267 e. The molecule has 0 atom stereocenters. The topological polar surface area (TPSA) is 41.5 Å². The lowest BCUT2D eigenvalue weighted by atomic mass is 10.1. The first-order valence-electron chi connectivity index (χ1n) is 6.79. The van der Waals surface area contributed by atoms with E-state index < -0.39 is 0 Å². The third-order valence-corrected chi connectivity index (χ3v) is 3.69. The van der Waals surface area contributed by atoms with Crippen LogP contribution in [-0.2, 0) is 6.42 Å². The summed E-state index contributed by atoms with van der Waals surface area (Å²) in [6, 6.07) is 15.4. The van der Waals surface area contributed by atoms with E-state index >= 15 is 0 Å². The Morgan fingerprint density at radius 3 is 2.48 bits per heavy atom. The summed E-state index contributed by atoms with van der Waals surface area (Å²) in [6.45, 7) is 4.00. The zero-order valence-corrected chi connectivity index (χ0v) is 13.6. The van der Waals surface area contributed by atoms with E-state index in [1.807, 2.05) is 31.2 Å². The van der Waals surface area contributed by atoms with Crippen molar-refractivity contribution in [2.45, 2.75) is 20.3 Å². The fourth-order valence-corrected chi connectivity index (χ4v) is 2.27. The summed E-state index contributed by atoms with van der Waals surface area (Å²) in [7, 11) is 0. The molecule has 2 rings (SSSR count). The highest BCUT2D eigenvalue weighted by Gasteiger charge is 2.05. The maximum absolute atomic E-state index is 12.0. The molecule has 0 aromatic heterocycles. The average Bonchev–Trinajstić information content (AvgIpc) is 2.52. The molecule has 0 saturated carbocycles. The van der Waals surface area contributed by atoms with Crippen molar-refractivity contribution < 1.29 is 4.79 Å². The second kappa shape index (κ2) is 7.18. The van der Waals surface area contributed by atoms with Gasteiger partial charge in [-0.15, -0.1) is 0 Å². The average molecular weight is 345 g/mol. The molecule has 0 heterocycles. The van der Waals surface area contributed by atoms with E-state index in [4.69, 9.17) is 0 Å². The molecule has 1 N–H and O–H groups in total. The summed E-state index contributed by atoms with van der Waals surface area (Å²) in [4.78, 5) is 12.0. The van der Waals surface area contributed by atoms with Crippen LogP contribution in [0.15, 0.2) is 58.1 Å². The highest BCUT2D eigenvalue weighted by molar-refractivity contribution is 9.10. The number of hydrogen-bond acceptors (Lipinski definition) is 2. The molecule has 4 heteroatoms. The lowest BCUT2D eigenvalue weighted by Gasteiger charge is -2.04. The number of nitrogens with one attached hydrogen (secondary N) is 1. The number of amides is 1. The Kier molecular flexibility index (Phi) is 5.28. The van der Waals surface area contributed by atoms with Gasteiger partial charge in [-0.05, 0) is 42.7 Å². The Balaban J connectivity index is 2.07. The molecule has 0 saturated heterocycles. The van der Waals surface area contributed by atoms with Gasteiger partial charge < -0.3 is 0 Å². The van der Waals surface area contributed by atoms with Gasteiger partial charge in [0.15, 0.2) is 0 Å². The molecule has 0 aliphatic heterocycles. The van der Waals surface area contributed by atoms with Gasteiger partial charge in [-0.25, -0.2) is 5.43 Å². The van der Waals surface area contributed by atoms with Crippen LogP contribution >= 0.6 is 15.9 Å². The number of carbonyl (C=O) groups excluding carboxylic acids is 1. The van der Waals surface area contributed by atoms with E-state index in [-0.39, 0.29) is 5.91 Å². The Hall–Kier alpha value is -1.94. The zero-order valence-electron chi connectivity index (χ0n) is 12.1. The molecule has 0 unspecified atom stereocenters. The minimum absolute atomic E-state index is 0.221. The van der Waals surface area contributed by atoms with E-state index in [1.165, 1.54) is 5.56 Å². The van der Waals surface area contributed by atoms with Crippen molar-refractivity contribution >= 4 is 27.5 Å². The molecule has 1 amide bonds. The summed E-state index contributed by atoms with van der Waals surface area (Å²) < 4.78 is 0.867. The fourth-order valence-electron chi connectivity index (χ4n) is 1.88. The molecule has 2 aromatic carbocycles. The van der Waals surface area contributed by atoms with Crippen molar-refractivity contribution in [1.29, 1.82) is 0 Å². The SMILES string of the molecule is CCc1ccc(/C(C)=N\NC(=O)c2cccc(Br)c2)cc1. The van der Waals surface area contributed by atoms with Crippen LogP contribution in [0.5, 0.6) is 0 Å². The molecule has 0 aliphatic carbocycles. The Bertz CT molecular complexity index is 663. The van der Waals surface area contributed by atoms with Gasteiger partial charge in [-0.2, -0.15) is 5.10 Å². The van der Waals surface area contributed by atoms with Crippen LogP contribution in [-0.4, -0.2) is 11.6 Å². The number of aryl methyl sites for hydroxylation is 1. The van der Waals surface area contributed by atoms with Gasteiger partial charge in [-0.1, -0.05) is 53.2 Å². The number of carbonyl (C=O) groups is 1. The number of rotatable bonds is 4. The summed E-state index contributed by atoms with van der Waals surface area (Å²) in [5.74, 6) is -0.221. The van der Waals surface area contributed by atoms with E-state index in [9.17, 15) is 4.79 Å². The van der Waals surface area contributed by atoms with E-state index in [2.05, 4.69) is 45.5 Å². The third-order valence-electron chi connectivity index (χ3n) is 3.19. The number of hydrogen-bond donors (Lipinski definition) is 1. The lowest BCUT2D eigenvalue weighted by molar-refractivity contribution is 0.0955. The number of halogens is 1. The van der Waals surface area contributed by atoms with Crippen molar-refractivity contribution in [1.82, 2.24) is 5.43 Å². The van der Waals surface area contributed by atoms with Crippen LogP contribution < -0.4 is 5.43 Å². The van der Waals surface area contributed by atoms with E-state index in [0.29, 0.717) is 5.56 Å². The van der Waals surface area contributed by atoms with E-state index in [0.717, 1.165) is 22.2 Å². The molecule has 108 valence electrons. The molecule has 0 fully saturated rings. The van der Waals surface area contributed by atoms with Gasteiger partial charge in [0.05, 0.1) is 5.71 Å². The molecule has 0 spiro atoms. The third kappa shape index (κ3) is 4.26. The standard InChI is InChI=1S/C17H17BrN2O/c1-3-13-7-9-14(10-8-13)12(2)19-20-17(21)15-5-4-6-16(18)11-15/h4-11H,3H2,1-2H3,(H,20,21)/b19-12-. The smallest absolute Gasteiger partial charge is 0.267 e. The summed E-state index contributed by atoms with van der Waals surface area (Å²) in [5.41, 5.74) is 6.22. The predicted molar refractivity (Wildman–Crippen MR) is 89.6 cm³/mol. The van der Waals surface area contributed by atoms with Gasteiger partial charge >= 0.3 is 0 Å². The van der Waals surface area contributed by atoms with Gasteiger partial charge in [-0.3, -0.25) is 4.79 Å². The number of nitrogens with zero attached hydrogens (tertiary/aromatic N) is 1. The summed E-state index contributed by atoms with van der Waals surface area (Å²) in [6.07, 6.45) is 1.01. The van der Waals surface area contributed by atoms with E-state index in [1.54, 1.807) is 12.1 Å². The van der Waals surface area contributed by atoms with Crippen LogP contribution in [0.4, 0.5) is 0 Å². The second-order valence-corrected chi connectivity index (χ2v) is 5.61. The molecular formula is C17H17BrN2O. The number of benzene rings is 2. The Morgan fingerprint density at radius 2 is 1.86 bits per heavy atom. The van der Waals surface area contributed by atoms with Crippen LogP contribution in [0, 0.1) is 0 Å². The molecule has 21 heavy (non-hydrogen) atoms. The first-order chi connectivity index (χ1) is 10.1. The maximum Gasteiger partial charge on any atom is 0.271 e. The molecular weight excluding hydrogens is 328 g/mol. The Morgan fingerprint density at radius 1 is 1.14 bits per heavy atom. The first-order valence-corrected chi connectivity index (χ1v) is 7.59. The van der Waals surface area contributed by atoms with Gasteiger partial charge in [0.25, 0.3) is 5.91 Å².